The fourth-order valence-electron chi connectivity index (χ4n) is 3.27. The third-order valence-corrected chi connectivity index (χ3v) is 4.75. The number of fused-ring (bicyclic) bond motifs is 1. The normalized spacial score (nSPS) is 22.0. The van der Waals surface area contributed by atoms with Crippen molar-refractivity contribution in [3.63, 3.8) is 0 Å². The van der Waals surface area contributed by atoms with Crippen molar-refractivity contribution in [1.29, 1.82) is 0 Å². The predicted octanol–water partition coefficient (Wildman–Crippen LogP) is 1.20. The molecule has 1 fully saturated rings. The first-order chi connectivity index (χ1) is 13.0. The minimum absolute atomic E-state index is 0.0158. The lowest BCUT2D eigenvalue weighted by Gasteiger charge is -2.14. The SMILES string of the molecule is COc1cccc(/C(N)=N\OC(=O)CCN2C(=O)[C@@H]3CC=CC[C@H]3C2=O)c1. The fraction of sp³-hybridized carbons (Fsp3) is 0.368. The van der Waals surface area contributed by atoms with Crippen LogP contribution in [0.25, 0.3) is 0 Å². The molecular weight excluding hydrogens is 350 g/mol. The summed E-state index contributed by atoms with van der Waals surface area (Å²) in [6.45, 7) is -0.0158. The Labute approximate surface area is 156 Å². The number of rotatable bonds is 6. The van der Waals surface area contributed by atoms with E-state index in [4.69, 9.17) is 15.3 Å². The number of benzene rings is 1. The first kappa shape index (κ1) is 18.6. The summed E-state index contributed by atoms with van der Waals surface area (Å²) in [7, 11) is 1.53. The number of ether oxygens (including phenoxy) is 1. The monoisotopic (exact) mass is 371 g/mol. The smallest absolute Gasteiger partial charge is 0.336 e. The molecule has 1 aliphatic carbocycles. The highest BCUT2D eigenvalue weighted by molar-refractivity contribution is 6.05. The molecule has 0 radical (unpaired) electrons. The Morgan fingerprint density at radius 1 is 1.22 bits per heavy atom. The van der Waals surface area contributed by atoms with Crippen LogP contribution in [0.3, 0.4) is 0 Å². The van der Waals surface area contributed by atoms with E-state index in [0.29, 0.717) is 24.2 Å². The lowest BCUT2D eigenvalue weighted by Crippen LogP contribution is -2.33. The van der Waals surface area contributed by atoms with Crippen molar-refractivity contribution in [3.05, 3.63) is 42.0 Å². The summed E-state index contributed by atoms with van der Waals surface area (Å²) in [6, 6.07) is 6.84. The third-order valence-electron chi connectivity index (χ3n) is 4.75. The Balaban J connectivity index is 1.54. The van der Waals surface area contributed by atoms with Crippen LogP contribution >= 0.6 is 0 Å². The first-order valence-corrected chi connectivity index (χ1v) is 8.69. The van der Waals surface area contributed by atoms with Gasteiger partial charge in [0.1, 0.15) is 5.75 Å². The number of methoxy groups -OCH3 is 1. The van der Waals surface area contributed by atoms with Crippen LogP contribution in [-0.2, 0) is 19.2 Å². The highest BCUT2D eigenvalue weighted by Gasteiger charge is 2.46. The quantitative estimate of drug-likeness (QED) is 0.201. The lowest BCUT2D eigenvalue weighted by molar-refractivity contribution is -0.145. The summed E-state index contributed by atoms with van der Waals surface area (Å²) in [6.07, 6.45) is 4.83. The molecule has 2 N–H and O–H groups in total. The van der Waals surface area contributed by atoms with Crippen molar-refractivity contribution in [2.75, 3.05) is 13.7 Å². The van der Waals surface area contributed by atoms with Crippen LogP contribution in [0.5, 0.6) is 5.75 Å². The van der Waals surface area contributed by atoms with E-state index >= 15 is 0 Å². The Hall–Kier alpha value is -3.16. The number of nitrogens with two attached hydrogens (primary N) is 1. The summed E-state index contributed by atoms with van der Waals surface area (Å²) in [5.41, 5.74) is 6.35. The Kier molecular flexibility index (Phi) is 5.54. The molecule has 8 nitrogen and oxygen atoms in total. The van der Waals surface area contributed by atoms with E-state index in [9.17, 15) is 14.4 Å². The average Bonchev–Trinajstić information content (AvgIpc) is 2.95. The van der Waals surface area contributed by atoms with Crippen LogP contribution < -0.4 is 10.5 Å². The van der Waals surface area contributed by atoms with Gasteiger partial charge in [-0.25, -0.2) is 4.79 Å². The molecule has 0 aromatic heterocycles. The van der Waals surface area contributed by atoms with Crippen molar-refractivity contribution in [2.24, 2.45) is 22.7 Å². The van der Waals surface area contributed by atoms with Gasteiger partial charge in [0.2, 0.25) is 11.8 Å². The number of amides is 2. The van der Waals surface area contributed by atoms with Gasteiger partial charge in [0.05, 0.1) is 25.4 Å². The summed E-state index contributed by atoms with van der Waals surface area (Å²) in [4.78, 5) is 42.5. The summed E-state index contributed by atoms with van der Waals surface area (Å²) in [5.74, 6) is -1.11. The fourth-order valence-corrected chi connectivity index (χ4v) is 3.27. The summed E-state index contributed by atoms with van der Waals surface area (Å²) >= 11 is 0. The molecule has 142 valence electrons. The Morgan fingerprint density at radius 2 is 1.89 bits per heavy atom. The number of nitrogens with zero attached hydrogens (tertiary/aromatic N) is 2. The molecule has 0 unspecified atom stereocenters. The minimum atomic E-state index is -0.672. The van der Waals surface area contributed by atoms with Crippen LogP contribution in [0, 0.1) is 11.8 Å². The maximum Gasteiger partial charge on any atom is 0.336 e. The molecule has 1 heterocycles. The molecule has 2 atom stereocenters. The molecule has 27 heavy (non-hydrogen) atoms. The van der Waals surface area contributed by atoms with E-state index in [1.54, 1.807) is 24.3 Å². The van der Waals surface area contributed by atoms with Crippen LogP contribution in [-0.4, -0.2) is 42.2 Å². The molecule has 1 aromatic rings. The lowest BCUT2D eigenvalue weighted by atomic mass is 9.85. The van der Waals surface area contributed by atoms with E-state index in [1.165, 1.54) is 7.11 Å². The van der Waals surface area contributed by atoms with Gasteiger partial charge in [-0.1, -0.05) is 29.4 Å². The van der Waals surface area contributed by atoms with Gasteiger partial charge in [-0.15, -0.1) is 0 Å². The largest absolute Gasteiger partial charge is 0.497 e. The number of hydrogen-bond acceptors (Lipinski definition) is 6. The second kappa shape index (κ2) is 8.03. The maximum absolute atomic E-state index is 12.3. The second-order valence-electron chi connectivity index (χ2n) is 6.41. The standard InChI is InChI=1S/C19H21N3O5/c1-26-13-6-4-5-12(11-13)17(20)21-27-16(23)9-10-22-18(24)14-7-2-3-8-15(14)19(22)25/h2-6,11,14-15H,7-10H2,1H3,(H2,20,21)/t14-,15-/m1/s1. The number of carbonyl (C=O) groups excluding carboxylic acids is 3. The molecule has 2 amide bonds. The number of amidine groups is 1. The van der Waals surface area contributed by atoms with E-state index < -0.39 is 5.97 Å². The zero-order valence-electron chi connectivity index (χ0n) is 15.0. The Bertz CT molecular complexity index is 791. The van der Waals surface area contributed by atoms with Crippen LogP contribution in [0.2, 0.25) is 0 Å². The van der Waals surface area contributed by atoms with Gasteiger partial charge in [-0.05, 0) is 25.0 Å². The molecule has 0 spiro atoms. The first-order valence-electron chi connectivity index (χ1n) is 8.69. The molecule has 1 saturated heterocycles. The summed E-state index contributed by atoms with van der Waals surface area (Å²) in [5, 5.41) is 3.62. The molecule has 0 saturated carbocycles. The van der Waals surface area contributed by atoms with Gasteiger partial charge >= 0.3 is 5.97 Å². The van der Waals surface area contributed by atoms with Gasteiger partial charge in [0, 0.05) is 12.1 Å². The number of oxime groups is 1. The second-order valence-corrected chi connectivity index (χ2v) is 6.41. The highest BCUT2D eigenvalue weighted by Crippen LogP contribution is 2.34. The van der Waals surface area contributed by atoms with Gasteiger partial charge in [-0.3, -0.25) is 14.5 Å². The predicted molar refractivity (Wildman–Crippen MR) is 96.5 cm³/mol. The van der Waals surface area contributed by atoms with Crippen molar-refractivity contribution >= 4 is 23.6 Å². The van der Waals surface area contributed by atoms with Crippen molar-refractivity contribution < 1.29 is 24.0 Å². The van der Waals surface area contributed by atoms with Crippen LogP contribution in [0.15, 0.2) is 41.6 Å². The number of allylic oxidation sites excluding steroid dienone is 2. The molecule has 8 heteroatoms. The molecule has 1 aromatic carbocycles. The van der Waals surface area contributed by atoms with Gasteiger partial charge in [-0.2, -0.15) is 0 Å². The van der Waals surface area contributed by atoms with Gasteiger partial charge in [0.15, 0.2) is 5.84 Å². The Morgan fingerprint density at radius 3 is 2.52 bits per heavy atom. The topological polar surface area (TPSA) is 111 Å². The number of imide groups is 1. The van der Waals surface area contributed by atoms with Gasteiger partial charge < -0.3 is 15.3 Å². The molecule has 3 rings (SSSR count). The number of hydrogen-bond donors (Lipinski definition) is 1. The average molecular weight is 371 g/mol. The van der Waals surface area contributed by atoms with Gasteiger partial charge in [0.25, 0.3) is 0 Å². The molecule has 2 aliphatic rings. The van der Waals surface area contributed by atoms with Crippen LogP contribution in [0.4, 0.5) is 0 Å². The highest BCUT2D eigenvalue weighted by atomic mass is 16.7. The molecular formula is C19H21N3O5. The molecule has 0 bridgehead atoms. The molecule has 1 aliphatic heterocycles. The van der Waals surface area contributed by atoms with E-state index in [0.717, 1.165) is 4.90 Å². The zero-order chi connectivity index (χ0) is 19.4. The van der Waals surface area contributed by atoms with Crippen LogP contribution in [0.1, 0.15) is 24.8 Å². The number of likely N-dealkylation sites (tertiary alicyclic amines) is 1. The summed E-state index contributed by atoms with van der Waals surface area (Å²) < 4.78 is 5.09. The van der Waals surface area contributed by atoms with Crippen molar-refractivity contribution in [3.8, 4) is 5.75 Å². The van der Waals surface area contributed by atoms with E-state index in [-0.39, 0.29) is 42.5 Å². The minimum Gasteiger partial charge on any atom is -0.497 e. The van der Waals surface area contributed by atoms with E-state index in [2.05, 4.69) is 5.16 Å². The van der Waals surface area contributed by atoms with E-state index in [1.807, 2.05) is 12.2 Å². The zero-order valence-corrected chi connectivity index (χ0v) is 15.0. The van der Waals surface area contributed by atoms with Crippen molar-refractivity contribution in [1.82, 2.24) is 4.90 Å². The number of carbonyl (C=O) groups is 3. The maximum atomic E-state index is 12.3. The third kappa shape index (κ3) is 3.99. The van der Waals surface area contributed by atoms with Crippen molar-refractivity contribution in [2.45, 2.75) is 19.3 Å².